The average Bonchev–Trinajstić information content (AvgIpc) is 2.63. The van der Waals surface area contributed by atoms with Gasteiger partial charge in [0.05, 0.1) is 0 Å². The van der Waals surface area contributed by atoms with E-state index in [1.807, 2.05) is 37.3 Å². The quantitative estimate of drug-likeness (QED) is 0.572. The fraction of sp³-hybridized carbons (Fsp3) is 0.200. The third-order valence-corrected chi connectivity index (χ3v) is 4.28. The second-order valence-corrected chi connectivity index (χ2v) is 6.28. The molecule has 1 aromatic heterocycles. The van der Waals surface area contributed by atoms with Crippen molar-refractivity contribution in [3.05, 3.63) is 76.9 Å². The molecule has 3 rings (SSSR count). The van der Waals surface area contributed by atoms with E-state index in [0.717, 1.165) is 41.5 Å². The van der Waals surface area contributed by atoms with Crippen LogP contribution in [0.5, 0.6) is 0 Å². The van der Waals surface area contributed by atoms with E-state index < -0.39 is 0 Å². The molecule has 2 N–H and O–H groups in total. The van der Waals surface area contributed by atoms with Crippen LogP contribution in [0.1, 0.15) is 17.5 Å². The van der Waals surface area contributed by atoms with Crippen LogP contribution in [0.4, 0.5) is 17.5 Å². The molecule has 0 atom stereocenters. The first-order valence-corrected chi connectivity index (χ1v) is 8.72. The van der Waals surface area contributed by atoms with Crippen molar-refractivity contribution in [3.8, 4) is 0 Å². The van der Waals surface area contributed by atoms with Gasteiger partial charge in [-0.15, -0.1) is 0 Å². The van der Waals surface area contributed by atoms with Gasteiger partial charge < -0.3 is 10.6 Å². The zero-order valence-electron chi connectivity index (χ0n) is 14.2. The molecule has 0 saturated heterocycles. The molecule has 2 aromatic carbocycles. The number of hydrogen-bond donors (Lipinski definition) is 2. The lowest BCUT2D eigenvalue weighted by Gasteiger charge is -2.09. The molecule has 0 saturated carbocycles. The number of nitrogens with zero attached hydrogens (tertiary/aromatic N) is 2. The minimum absolute atomic E-state index is 0.549. The van der Waals surface area contributed by atoms with Crippen LogP contribution in [0.15, 0.2) is 60.8 Å². The van der Waals surface area contributed by atoms with Crippen LogP contribution in [-0.2, 0) is 6.42 Å². The van der Waals surface area contributed by atoms with Gasteiger partial charge in [-0.1, -0.05) is 48.0 Å². The maximum absolute atomic E-state index is 6.15. The van der Waals surface area contributed by atoms with E-state index in [-0.39, 0.29) is 0 Å². The van der Waals surface area contributed by atoms with Gasteiger partial charge >= 0.3 is 0 Å². The van der Waals surface area contributed by atoms with E-state index in [0.29, 0.717) is 5.95 Å². The number of nitrogens with one attached hydrogen (secondary N) is 2. The topological polar surface area (TPSA) is 49.8 Å². The van der Waals surface area contributed by atoms with Crippen LogP contribution in [0.2, 0.25) is 5.02 Å². The van der Waals surface area contributed by atoms with Crippen molar-refractivity contribution in [2.45, 2.75) is 19.8 Å². The summed E-state index contributed by atoms with van der Waals surface area (Å²) in [6.45, 7) is 2.84. The van der Waals surface area contributed by atoms with Crippen LogP contribution in [0.25, 0.3) is 0 Å². The third-order valence-electron chi connectivity index (χ3n) is 3.87. The first-order chi connectivity index (χ1) is 12.2. The van der Waals surface area contributed by atoms with Crippen LogP contribution < -0.4 is 10.6 Å². The smallest absolute Gasteiger partial charge is 0.229 e. The molecule has 25 heavy (non-hydrogen) atoms. The number of hydrogen-bond acceptors (Lipinski definition) is 4. The summed E-state index contributed by atoms with van der Waals surface area (Å²) in [5.41, 5.74) is 3.27. The SMILES string of the molecule is Cc1ccc(Nc2nccc(NCCCc3ccccc3)n2)cc1Cl. The number of anilines is 3. The first kappa shape index (κ1) is 17.2. The standard InChI is InChI=1S/C20H21ClN4/c1-15-9-10-17(14-18(15)21)24-20-23-13-11-19(25-20)22-12-5-8-16-6-3-2-4-7-16/h2-4,6-7,9-11,13-14H,5,8,12H2,1H3,(H2,22,23,24,25). The molecule has 5 heteroatoms. The molecule has 0 spiro atoms. The van der Waals surface area contributed by atoms with Gasteiger partial charge in [0.25, 0.3) is 0 Å². The molecule has 3 aromatic rings. The summed E-state index contributed by atoms with van der Waals surface area (Å²) in [4.78, 5) is 8.75. The van der Waals surface area contributed by atoms with Crippen LogP contribution in [-0.4, -0.2) is 16.5 Å². The highest BCUT2D eigenvalue weighted by molar-refractivity contribution is 6.31. The second-order valence-electron chi connectivity index (χ2n) is 5.87. The molecule has 0 amide bonds. The Kier molecular flexibility index (Phi) is 5.86. The highest BCUT2D eigenvalue weighted by Crippen LogP contribution is 2.22. The molecule has 0 aliphatic carbocycles. The zero-order chi connectivity index (χ0) is 17.5. The van der Waals surface area contributed by atoms with E-state index in [1.165, 1.54) is 5.56 Å². The normalized spacial score (nSPS) is 10.5. The monoisotopic (exact) mass is 352 g/mol. The summed E-state index contributed by atoms with van der Waals surface area (Å²) in [5, 5.41) is 7.25. The van der Waals surface area contributed by atoms with E-state index >= 15 is 0 Å². The van der Waals surface area contributed by atoms with Crippen molar-refractivity contribution >= 4 is 29.1 Å². The molecule has 0 bridgehead atoms. The van der Waals surface area contributed by atoms with Crippen molar-refractivity contribution < 1.29 is 0 Å². The number of rotatable bonds is 7. The minimum Gasteiger partial charge on any atom is -0.370 e. The highest BCUT2D eigenvalue weighted by Gasteiger charge is 2.02. The van der Waals surface area contributed by atoms with Crippen molar-refractivity contribution in [3.63, 3.8) is 0 Å². The predicted octanol–water partition coefficient (Wildman–Crippen LogP) is 5.23. The summed E-state index contributed by atoms with van der Waals surface area (Å²) in [6.07, 6.45) is 3.83. The van der Waals surface area contributed by atoms with Crippen LogP contribution >= 0.6 is 11.6 Å². The summed E-state index contributed by atoms with van der Waals surface area (Å²) in [7, 11) is 0. The summed E-state index contributed by atoms with van der Waals surface area (Å²) < 4.78 is 0. The van der Waals surface area contributed by atoms with Gasteiger partial charge in [-0.25, -0.2) is 4.98 Å². The van der Waals surface area contributed by atoms with E-state index in [4.69, 9.17) is 11.6 Å². The van der Waals surface area contributed by atoms with Gasteiger partial charge in [-0.3, -0.25) is 0 Å². The molecular formula is C20H21ClN4. The Morgan fingerprint density at radius 1 is 1.04 bits per heavy atom. The largest absolute Gasteiger partial charge is 0.370 e. The predicted molar refractivity (Wildman–Crippen MR) is 105 cm³/mol. The Morgan fingerprint density at radius 2 is 1.88 bits per heavy atom. The molecule has 128 valence electrons. The number of aryl methyl sites for hydroxylation is 2. The van der Waals surface area contributed by atoms with Crippen molar-refractivity contribution in [1.29, 1.82) is 0 Å². The lowest BCUT2D eigenvalue weighted by Crippen LogP contribution is -2.06. The highest BCUT2D eigenvalue weighted by atomic mass is 35.5. The van der Waals surface area contributed by atoms with Crippen LogP contribution in [0.3, 0.4) is 0 Å². The van der Waals surface area contributed by atoms with Gasteiger partial charge in [0.2, 0.25) is 5.95 Å². The number of halogens is 1. The van der Waals surface area contributed by atoms with Crippen LogP contribution in [0, 0.1) is 6.92 Å². The molecule has 0 radical (unpaired) electrons. The Bertz CT molecular complexity index is 821. The van der Waals surface area contributed by atoms with Gasteiger partial charge in [-0.2, -0.15) is 4.98 Å². The Labute approximate surface area is 153 Å². The number of aromatic nitrogens is 2. The van der Waals surface area contributed by atoms with Gasteiger partial charge in [0.15, 0.2) is 0 Å². The van der Waals surface area contributed by atoms with Crippen molar-refractivity contribution in [2.24, 2.45) is 0 Å². The molecule has 4 nitrogen and oxygen atoms in total. The molecule has 0 aliphatic rings. The zero-order valence-corrected chi connectivity index (χ0v) is 14.9. The van der Waals surface area contributed by atoms with E-state index in [2.05, 4.69) is 44.9 Å². The summed E-state index contributed by atoms with van der Waals surface area (Å²) in [5.74, 6) is 1.36. The second kappa shape index (κ2) is 8.49. The maximum Gasteiger partial charge on any atom is 0.229 e. The van der Waals surface area contributed by atoms with Gasteiger partial charge in [-0.05, 0) is 49.1 Å². The first-order valence-electron chi connectivity index (χ1n) is 8.35. The van der Waals surface area contributed by atoms with Gasteiger partial charge in [0.1, 0.15) is 5.82 Å². The molecule has 0 unspecified atom stereocenters. The fourth-order valence-corrected chi connectivity index (χ4v) is 2.65. The Balaban J connectivity index is 1.53. The maximum atomic E-state index is 6.15. The Hall–Kier alpha value is -2.59. The lowest BCUT2D eigenvalue weighted by molar-refractivity contribution is 0.858. The van der Waals surface area contributed by atoms with Crippen molar-refractivity contribution in [1.82, 2.24) is 9.97 Å². The molecular weight excluding hydrogens is 332 g/mol. The number of benzene rings is 2. The van der Waals surface area contributed by atoms with Crippen molar-refractivity contribution in [2.75, 3.05) is 17.2 Å². The molecule has 0 fully saturated rings. The summed E-state index contributed by atoms with van der Waals surface area (Å²) in [6, 6.07) is 18.2. The lowest BCUT2D eigenvalue weighted by atomic mass is 10.1. The Morgan fingerprint density at radius 3 is 2.68 bits per heavy atom. The van der Waals surface area contributed by atoms with E-state index in [9.17, 15) is 0 Å². The van der Waals surface area contributed by atoms with Gasteiger partial charge in [0, 0.05) is 23.5 Å². The molecule has 0 aliphatic heterocycles. The fourth-order valence-electron chi connectivity index (χ4n) is 2.47. The molecule has 1 heterocycles. The average molecular weight is 353 g/mol. The third kappa shape index (κ3) is 5.19. The summed E-state index contributed by atoms with van der Waals surface area (Å²) >= 11 is 6.15. The minimum atomic E-state index is 0.549. The van der Waals surface area contributed by atoms with E-state index in [1.54, 1.807) is 6.20 Å².